The summed E-state index contributed by atoms with van der Waals surface area (Å²) < 4.78 is 36.0. The lowest BCUT2D eigenvalue weighted by atomic mass is 10.2. The van der Waals surface area contributed by atoms with Crippen LogP contribution >= 0.6 is 0 Å². The first kappa shape index (κ1) is 25.2. The molecule has 0 radical (unpaired) electrons. The van der Waals surface area contributed by atoms with Gasteiger partial charge in [0.05, 0.1) is 11.7 Å². The van der Waals surface area contributed by atoms with Crippen LogP contribution in [0.2, 0.25) is 0 Å². The van der Waals surface area contributed by atoms with E-state index in [1.54, 1.807) is 6.07 Å². The molecule has 1 aliphatic heterocycles. The van der Waals surface area contributed by atoms with E-state index in [0.29, 0.717) is 12.1 Å². The maximum Gasteiger partial charge on any atom is 0.267 e. The van der Waals surface area contributed by atoms with E-state index in [1.165, 1.54) is 38.2 Å². The zero-order chi connectivity index (χ0) is 23.9. The molecule has 8 nitrogen and oxygen atoms in total. The summed E-state index contributed by atoms with van der Waals surface area (Å²) >= 11 is 0. The number of hydrogen-bond acceptors (Lipinski definition) is 6. The first-order chi connectivity index (χ1) is 15.0. The van der Waals surface area contributed by atoms with Crippen LogP contribution in [0, 0.1) is 11.6 Å². The van der Waals surface area contributed by atoms with Crippen LogP contribution < -0.4 is 15.8 Å². The SMILES string of the molecule is CC(C)(O)COc1cccc(F)c1F.C[C@@H]1CC[C@H](C(=O)Nc2ccnc(C(N)=O)c2)O1. The molecule has 0 unspecified atom stereocenters. The molecule has 0 saturated carbocycles. The third-order valence-electron chi connectivity index (χ3n) is 4.30. The molecule has 1 aliphatic rings. The largest absolute Gasteiger partial charge is 0.487 e. The average Bonchev–Trinajstić information content (AvgIpc) is 3.16. The molecule has 3 rings (SSSR count). The van der Waals surface area contributed by atoms with Gasteiger partial charge in [-0.1, -0.05) is 6.07 Å². The number of aromatic nitrogens is 1. The molecule has 1 aromatic heterocycles. The Kier molecular flexibility index (Phi) is 8.62. The zero-order valence-corrected chi connectivity index (χ0v) is 18.1. The molecule has 1 fully saturated rings. The fourth-order valence-corrected chi connectivity index (χ4v) is 2.71. The number of carbonyl (C=O) groups is 2. The second-order valence-electron chi connectivity index (χ2n) is 7.95. The molecule has 174 valence electrons. The number of nitrogens with zero attached hydrogens (tertiary/aromatic N) is 1. The van der Waals surface area contributed by atoms with Gasteiger partial charge in [0.15, 0.2) is 11.6 Å². The third kappa shape index (κ3) is 7.86. The number of ether oxygens (including phenoxy) is 2. The minimum Gasteiger partial charge on any atom is -0.487 e. The smallest absolute Gasteiger partial charge is 0.267 e. The fourth-order valence-electron chi connectivity index (χ4n) is 2.71. The maximum absolute atomic E-state index is 13.0. The van der Waals surface area contributed by atoms with Crippen LogP contribution in [0.3, 0.4) is 0 Å². The van der Waals surface area contributed by atoms with Gasteiger partial charge in [-0.3, -0.25) is 14.6 Å². The van der Waals surface area contributed by atoms with Gasteiger partial charge in [-0.2, -0.15) is 4.39 Å². The number of amides is 2. The van der Waals surface area contributed by atoms with Crippen molar-refractivity contribution in [1.82, 2.24) is 4.98 Å². The molecule has 2 heterocycles. The van der Waals surface area contributed by atoms with Crippen molar-refractivity contribution in [3.05, 3.63) is 53.9 Å². The average molecular weight is 451 g/mol. The summed E-state index contributed by atoms with van der Waals surface area (Å²) in [6.07, 6.45) is 2.69. The van der Waals surface area contributed by atoms with Crippen molar-refractivity contribution in [2.24, 2.45) is 5.73 Å². The Morgan fingerprint density at radius 3 is 2.62 bits per heavy atom. The summed E-state index contributed by atoms with van der Waals surface area (Å²) in [6.45, 7) is 4.88. The van der Waals surface area contributed by atoms with Gasteiger partial charge in [0, 0.05) is 11.9 Å². The van der Waals surface area contributed by atoms with Crippen LogP contribution in [0.4, 0.5) is 14.5 Å². The highest BCUT2D eigenvalue weighted by atomic mass is 19.2. The fraction of sp³-hybridized carbons (Fsp3) is 0.409. The number of aliphatic hydroxyl groups is 1. The van der Waals surface area contributed by atoms with Crippen molar-refractivity contribution in [3.63, 3.8) is 0 Å². The van der Waals surface area contributed by atoms with E-state index >= 15 is 0 Å². The summed E-state index contributed by atoms with van der Waals surface area (Å²) in [5.74, 6) is -3.01. The molecule has 0 bridgehead atoms. The van der Waals surface area contributed by atoms with Crippen LogP contribution in [0.5, 0.6) is 5.75 Å². The first-order valence-corrected chi connectivity index (χ1v) is 9.97. The highest BCUT2D eigenvalue weighted by Crippen LogP contribution is 2.21. The summed E-state index contributed by atoms with van der Waals surface area (Å²) in [6, 6.07) is 6.70. The molecule has 2 aromatic rings. The van der Waals surface area contributed by atoms with Gasteiger partial charge >= 0.3 is 0 Å². The standard InChI is InChI=1S/C12H15N3O3.C10H12F2O2/c1-7-2-3-10(18-7)12(17)15-8-4-5-14-9(6-8)11(13)16;1-10(2,13)6-14-8-5-3-4-7(11)9(8)12/h4-7,10H,2-3H2,1H3,(H2,13,16)(H,14,15,17);3-5,13H,6H2,1-2H3/t7-,10-;/m1./s1. The number of hydrogen-bond donors (Lipinski definition) is 3. The molecule has 1 saturated heterocycles. The van der Waals surface area contributed by atoms with Gasteiger partial charge in [-0.25, -0.2) is 4.39 Å². The lowest BCUT2D eigenvalue weighted by Gasteiger charge is -2.17. The molecule has 4 N–H and O–H groups in total. The van der Waals surface area contributed by atoms with Gasteiger partial charge in [0.2, 0.25) is 5.82 Å². The number of benzene rings is 1. The van der Waals surface area contributed by atoms with Gasteiger partial charge in [-0.05, 0) is 57.9 Å². The molecular formula is C22H27F2N3O5. The molecular weight excluding hydrogens is 424 g/mol. The molecule has 10 heteroatoms. The van der Waals surface area contributed by atoms with Gasteiger partial charge < -0.3 is 25.6 Å². The van der Waals surface area contributed by atoms with E-state index in [1.807, 2.05) is 6.92 Å². The van der Waals surface area contributed by atoms with Crippen LogP contribution in [-0.2, 0) is 9.53 Å². The van der Waals surface area contributed by atoms with Gasteiger partial charge in [0.25, 0.3) is 11.8 Å². The van der Waals surface area contributed by atoms with Crippen molar-refractivity contribution in [1.29, 1.82) is 0 Å². The van der Waals surface area contributed by atoms with Crippen molar-refractivity contribution < 1.29 is 33.0 Å². The van der Waals surface area contributed by atoms with E-state index in [9.17, 15) is 23.5 Å². The van der Waals surface area contributed by atoms with Crippen molar-refractivity contribution >= 4 is 17.5 Å². The predicted octanol–water partition coefficient (Wildman–Crippen LogP) is 2.80. The molecule has 32 heavy (non-hydrogen) atoms. The predicted molar refractivity (Wildman–Crippen MR) is 113 cm³/mol. The van der Waals surface area contributed by atoms with E-state index in [4.69, 9.17) is 15.2 Å². The second-order valence-corrected chi connectivity index (χ2v) is 7.95. The van der Waals surface area contributed by atoms with Crippen LogP contribution in [0.25, 0.3) is 0 Å². The Bertz CT molecular complexity index is 949. The topological polar surface area (TPSA) is 124 Å². The molecule has 2 atom stereocenters. The zero-order valence-electron chi connectivity index (χ0n) is 18.1. The molecule has 0 spiro atoms. The van der Waals surface area contributed by atoms with Gasteiger partial charge in [-0.15, -0.1) is 0 Å². The van der Waals surface area contributed by atoms with E-state index in [0.717, 1.165) is 12.5 Å². The number of rotatable bonds is 6. The Balaban J connectivity index is 0.000000235. The Morgan fingerprint density at radius 1 is 1.31 bits per heavy atom. The highest BCUT2D eigenvalue weighted by Gasteiger charge is 2.28. The highest BCUT2D eigenvalue weighted by molar-refractivity contribution is 5.96. The van der Waals surface area contributed by atoms with Gasteiger partial charge in [0.1, 0.15) is 18.4 Å². The summed E-state index contributed by atoms with van der Waals surface area (Å²) in [4.78, 5) is 26.6. The Morgan fingerprint density at radius 2 is 2.03 bits per heavy atom. The normalized spacial score (nSPS) is 17.8. The van der Waals surface area contributed by atoms with Crippen LogP contribution in [0.1, 0.15) is 44.1 Å². The molecule has 1 aromatic carbocycles. The minimum atomic E-state index is -1.07. The van der Waals surface area contributed by atoms with Crippen LogP contribution in [0.15, 0.2) is 36.5 Å². The lowest BCUT2D eigenvalue weighted by molar-refractivity contribution is -0.126. The number of primary amides is 1. The number of carbonyl (C=O) groups excluding carboxylic acids is 2. The van der Waals surface area contributed by atoms with E-state index < -0.39 is 29.2 Å². The number of halogens is 2. The quantitative estimate of drug-likeness (QED) is 0.621. The van der Waals surface area contributed by atoms with Crippen LogP contribution in [-0.4, -0.2) is 46.3 Å². The number of nitrogens with two attached hydrogens (primary N) is 1. The first-order valence-electron chi connectivity index (χ1n) is 9.97. The number of nitrogens with one attached hydrogen (secondary N) is 1. The maximum atomic E-state index is 13.0. The van der Waals surface area contributed by atoms with Crippen molar-refractivity contribution in [3.8, 4) is 5.75 Å². The van der Waals surface area contributed by atoms with Crippen molar-refractivity contribution in [2.75, 3.05) is 11.9 Å². The lowest BCUT2D eigenvalue weighted by Crippen LogP contribution is -2.28. The Labute approximate surface area is 184 Å². The minimum absolute atomic E-state index is 0.0899. The summed E-state index contributed by atoms with van der Waals surface area (Å²) in [7, 11) is 0. The van der Waals surface area contributed by atoms with E-state index in [-0.39, 0.29) is 30.1 Å². The Hall–Kier alpha value is -3.11. The molecule has 2 amide bonds. The monoisotopic (exact) mass is 451 g/mol. The number of anilines is 1. The summed E-state index contributed by atoms with van der Waals surface area (Å²) in [5, 5.41) is 12.0. The van der Waals surface area contributed by atoms with E-state index in [2.05, 4.69) is 10.3 Å². The summed E-state index contributed by atoms with van der Waals surface area (Å²) in [5.41, 5.74) is 4.66. The number of pyridine rings is 1. The third-order valence-corrected chi connectivity index (χ3v) is 4.30. The second kappa shape index (κ2) is 11.0. The van der Waals surface area contributed by atoms with Crippen molar-refractivity contribution in [2.45, 2.75) is 51.4 Å². The molecule has 0 aliphatic carbocycles.